The number of nitrogens with zero attached hydrogens (tertiary/aromatic N) is 1. The number of ether oxygens (including phenoxy) is 1. The van der Waals surface area contributed by atoms with E-state index in [1.807, 2.05) is 0 Å². The summed E-state index contributed by atoms with van der Waals surface area (Å²) in [5, 5.41) is 11.9. The Kier molecular flexibility index (Phi) is 2.52. The SMILES string of the molecule is N#CCC1(COC2CCNC2)CC1. The molecule has 3 nitrogen and oxygen atoms in total. The lowest BCUT2D eigenvalue weighted by atomic mass is 10.1. The number of nitriles is 1. The molecule has 2 rings (SSSR count). The van der Waals surface area contributed by atoms with Gasteiger partial charge in [0, 0.05) is 18.4 Å². The molecule has 1 unspecified atom stereocenters. The van der Waals surface area contributed by atoms with Crippen LogP contribution in [0, 0.1) is 16.7 Å². The van der Waals surface area contributed by atoms with E-state index in [-0.39, 0.29) is 5.41 Å². The van der Waals surface area contributed by atoms with Crippen molar-refractivity contribution in [2.45, 2.75) is 31.8 Å². The number of rotatable bonds is 4. The van der Waals surface area contributed by atoms with Gasteiger partial charge in [0.2, 0.25) is 0 Å². The van der Waals surface area contributed by atoms with E-state index >= 15 is 0 Å². The molecule has 2 aliphatic rings. The molecular weight excluding hydrogens is 164 g/mol. The molecule has 1 aliphatic carbocycles. The largest absolute Gasteiger partial charge is 0.376 e. The number of hydrogen-bond acceptors (Lipinski definition) is 3. The predicted octanol–water partition coefficient (Wildman–Crippen LogP) is 1.06. The highest BCUT2D eigenvalue weighted by Gasteiger charge is 2.43. The van der Waals surface area contributed by atoms with Gasteiger partial charge in [-0.05, 0) is 25.8 Å². The van der Waals surface area contributed by atoms with Crippen LogP contribution in [0.15, 0.2) is 0 Å². The van der Waals surface area contributed by atoms with E-state index in [9.17, 15) is 0 Å². The van der Waals surface area contributed by atoms with Crippen LogP contribution in [0.25, 0.3) is 0 Å². The molecular formula is C10H16N2O. The Bertz CT molecular complexity index is 211. The summed E-state index contributed by atoms with van der Waals surface area (Å²) in [6.07, 6.45) is 4.56. The molecule has 1 saturated heterocycles. The van der Waals surface area contributed by atoms with Crippen LogP contribution in [-0.2, 0) is 4.74 Å². The van der Waals surface area contributed by atoms with Crippen LogP contribution in [0.2, 0.25) is 0 Å². The van der Waals surface area contributed by atoms with Crippen molar-refractivity contribution in [2.24, 2.45) is 5.41 Å². The van der Waals surface area contributed by atoms with Crippen molar-refractivity contribution in [1.29, 1.82) is 5.26 Å². The van der Waals surface area contributed by atoms with Gasteiger partial charge in [-0.1, -0.05) is 0 Å². The molecule has 3 heteroatoms. The van der Waals surface area contributed by atoms with Crippen molar-refractivity contribution in [3.63, 3.8) is 0 Å². The van der Waals surface area contributed by atoms with Crippen LogP contribution in [0.4, 0.5) is 0 Å². The normalized spacial score (nSPS) is 29.9. The second kappa shape index (κ2) is 3.65. The second-order valence-electron chi connectivity index (χ2n) is 4.26. The first-order valence-electron chi connectivity index (χ1n) is 5.04. The van der Waals surface area contributed by atoms with E-state index in [1.165, 1.54) is 12.8 Å². The Balaban J connectivity index is 1.70. The third-order valence-electron chi connectivity index (χ3n) is 3.05. The van der Waals surface area contributed by atoms with Crippen molar-refractivity contribution in [1.82, 2.24) is 5.32 Å². The van der Waals surface area contributed by atoms with Gasteiger partial charge in [-0.3, -0.25) is 0 Å². The van der Waals surface area contributed by atoms with Crippen LogP contribution in [0.3, 0.4) is 0 Å². The van der Waals surface area contributed by atoms with Gasteiger partial charge >= 0.3 is 0 Å². The van der Waals surface area contributed by atoms with E-state index in [0.717, 1.165) is 26.1 Å². The zero-order valence-corrected chi connectivity index (χ0v) is 7.88. The second-order valence-corrected chi connectivity index (χ2v) is 4.26. The molecule has 0 aromatic heterocycles. The Labute approximate surface area is 79.1 Å². The van der Waals surface area contributed by atoms with Crippen molar-refractivity contribution in [3.8, 4) is 6.07 Å². The number of hydrogen-bond donors (Lipinski definition) is 1. The highest BCUT2D eigenvalue weighted by molar-refractivity contribution is 4.99. The van der Waals surface area contributed by atoms with E-state index in [0.29, 0.717) is 12.5 Å². The highest BCUT2D eigenvalue weighted by atomic mass is 16.5. The quantitative estimate of drug-likeness (QED) is 0.703. The average molecular weight is 180 g/mol. The standard InChI is InChI=1S/C10H16N2O/c11-5-4-10(2-3-10)8-13-9-1-6-12-7-9/h9,12H,1-4,6-8H2. The molecule has 0 bridgehead atoms. The van der Waals surface area contributed by atoms with Crippen LogP contribution >= 0.6 is 0 Å². The highest BCUT2D eigenvalue weighted by Crippen LogP contribution is 2.48. The maximum Gasteiger partial charge on any atom is 0.0711 e. The lowest BCUT2D eigenvalue weighted by Crippen LogP contribution is -2.21. The molecule has 1 saturated carbocycles. The monoisotopic (exact) mass is 180 g/mol. The maximum atomic E-state index is 8.62. The lowest BCUT2D eigenvalue weighted by molar-refractivity contribution is 0.0349. The van der Waals surface area contributed by atoms with Crippen molar-refractivity contribution >= 4 is 0 Å². The van der Waals surface area contributed by atoms with E-state index in [1.54, 1.807) is 0 Å². The molecule has 1 heterocycles. The molecule has 0 aromatic rings. The molecule has 1 aliphatic heterocycles. The van der Waals surface area contributed by atoms with Crippen LogP contribution in [-0.4, -0.2) is 25.8 Å². The summed E-state index contributed by atoms with van der Waals surface area (Å²) in [5.41, 5.74) is 0.247. The lowest BCUT2D eigenvalue weighted by Gasteiger charge is -2.15. The first-order valence-corrected chi connectivity index (χ1v) is 5.04. The van der Waals surface area contributed by atoms with Gasteiger partial charge in [0.05, 0.1) is 18.8 Å². The minimum absolute atomic E-state index is 0.247. The van der Waals surface area contributed by atoms with E-state index in [2.05, 4.69) is 11.4 Å². The van der Waals surface area contributed by atoms with Crippen molar-refractivity contribution in [3.05, 3.63) is 0 Å². The summed E-state index contributed by atoms with van der Waals surface area (Å²) < 4.78 is 5.77. The minimum Gasteiger partial charge on any atom is -0.376 e. The Morgan fingerprint density at radius 1 is 1.54 bits per heavy atom. The average Bonchev–Trinajstić information content (AvgIpc) is 2.71. The van der Waals surface area contributed by atoms with Gasteiger partial charge in [-0.2, -0.15) is 5.26 Å². The van der Waals surface area contributed by atoms with Gasteiger partial charge in [0.25, 0.3) is 0 Å². The summed E-state index contributed by atoms with van der Waals surface area (Å²) in [4.78, 5) is 0. The van der Waals surface area contributed by atoms with Gasteiger partial charge in [-0.25, -0.2) is 0 Å². The molecule has 2 fully saturated rings. The molecule has 0 radical (unpaired) electrons. The molecule has 1 atom stereocenters. The van der Waals surface area contributed by atoms with Crippen LogP contribution in [0.5, 0.6) is 0 Å². The van der Waals surface area contributed by atoms with E-state index in [4.69, 9.17) is 10.00 Å². The van der Waals surface area contributed by atoms with Gasteiger partial charge in [0.15, 0.2) is 0 Å². The summed E-state index contributed by atoms with van der Waals surface area (Å²) >= 11 is 0. The smallest absolute Gasteiger partial charge is 0.0711 e. The summed E-state index contributed by atoms with van der Waals surface area (Å²) in [5.74, 6) is 0. The fourth-order valence-corrected chi connectivity index (χ4v) is 1.78. The topological polar surface area (TPSA) is 45.0 Å². The minimum atomic E-state index is 0.247. The van der Waals surface area contributed by atoms with Crippen LogP contribution < -0.4 is 5.32 Å². The zero-order chi connectivity index (χ0) is 9.15. The summed E-state index contributed by atoms with van der Waals surface area (Å²) in [6.45, 7) is 2.87. The fourth-order valence-electron chi connectivity index (χ4n) is 1.78. The van der Waals surface area contributed by atoms with E-state index < -0.39 is 0 Å². The summed E-state index contributed by atoms with van der Waals surface area (Å²) in [6, 6.07) is 2.25. The predicted molar refractivity (Wildman–Crippen MR) is 49.1 cm³/mol. The third-order valence-corrected chi connectivity index (χ3v) is 3.05. The first kappa shape index (κ1) is 8.98. The Morgan fingerprint density at radius 2 is 2.38 bits per heavy atom. The van der Waals surface area contributed by atoms with Crippen molar-refractivity contribution < 1.29 is 4.74 Å². The van der Waals surface area contributed by atoms with Gasteiger partial charge in [-0.15, -0.1) is 0 Å². The third kappa shape index (κ3) is 2.20. The Hall–Kier alpha value is -0.590. The van der Waals surface area contributed by atoms with Crippen LogP contribution in [0.1, 0.15) is 25.7 Å². The van der Waals surface area contributed by atoms with Gasteiger partial charge in [0.1, 0.15) is 0 Å². The maximum absolute atomic E-state index is 8.62. The Morgan fingerprint density at radius 3 is 2.92 bits per heavy atom. The number of nitrogens with one attached hydrogen (secondary N) is 1. The summed E-state index contributed by atoms with van der Waals surface area (Å²) in [7, 11) is 0. The molecule has 0 aromatic carbocycles. The zero-order valence-electron chi connectivity index (χ0n) is 7.88. The molecule has 0 amide bonds. The van der Waals surface area contributed by atoms with Crippen molar-refractivity contribution in [2.75, 3.05) is 19.7 Å². The first-order chi connectivity index (χ1) is 6.35. The van der Waals surface area contributed by atoms with Gasteiger partial charge < -0.3 is 10.1 Å². The fraction of sp³-hybridized carbons (Fsp3) is 0.900. The molecule has 0 spiro atoms. The molecule has 1 N–H and O–H groups in total. The molecule has 13 heavy (non-hydrogen) atoms. The molecule has 72 valence electrons.